The van der Waals surface area contributed by atoms with Crippen LogP contribution < -0.4 is 0 Å². The Kier molecular flexibility index (Phi) is 10.2. The van der Waals surface area contributed by atoms with Crippen molar-refractivity contribution in [3.05, 3.63) is 0 Å². The van der Waals surface area contributed by atoms with E-state index in [0.717, 1.165) is 12.8 Å². The van der Waals surface area contributed by atoms with E-state index in [1.165, 1.54) is 0 Å². The maximum Gasteiger partial charge on any atom is 0.503 e. The van der Waals surface area contributed by atoms with Crippen molar-refractivity contribution >= 4 is 17.6 Å². The minimum Gasteiger partial charge on any atom is -0.377 e. The third-order valence-electron chi connectivity index (χ3n) is 4.76. The van der Waals surface area contributed by atoms with E-state index in [0.29, 0.717) is 0 Å². The first-order chi connectivity index (χ1) is 10.4. The summed E-state index contributed by atoms with van der Waals surface area (Å²) < 4.78 is 34.2. The van der Waals surface area contributed by atoms with Crippen molar-refractivity contribution < 1.29 is 26.6 Å². The van der Waals surface area contributed by atoms with Gasteiger partial charge in [-0.25, -0.2) is 0 Å². The van der Waals surface area contributed by atoms with Crippen LogP contribution in [-0.2, 0) is 26.6 Å². The summed E-state index contributed by atoms with van der Waals surface area (Å²) in [5, 5.41) is 0. The second-order valence-corrected chi connectivity index (χ2v) is 11.7. The molecule has 0 aromatic carbocycles. The van der Waals surface area contributed by atoms with E-state index < -0.39 is 17.6 Å². The van der Waals surface area contributed by atoms with Crippen LogP contribution in [0.25, 0.3) is 0 Å². The fourth-order valence-electron chi connectivity index (χ4n) is 3.58. The Bertz CT molecular complexity index is 253. The summed E-state index contributed by atoms with van der Waals surface area (Å²) in [5.41, 5.74) is 0.287. The second kappa shape index (κ2) is 10.1. The lowest BCUT2D eigenvalue weighted by atomic mass is 9.99. The molecule has 0 amide bonds. The van der Waals surface area contributed by atoms with Gasteiger partial charge in [-0.15, -0.1) is 0 Å². The molecule has 0 heterocycles. The van der Waals surface area contributed by atoms with Crippen LogP contribution in [0, 0.1) is 5.92 Å². The zero-order chi connectivity index (χ0) is 17.4. The quantitative estimate of drug-likeness (QED) is 0.502. The molecule has 0 aromatic rings. The predicted molar refractivity (Wildman–Crippen MR) is 90.8 cm³/mol. The highest BCUT2D eigenvalue weighted by Crippen LogP contribution is 2.46. The van der Waals surface area contributed by atoms with E-state index >= 15 is 0 Å². The van der Waals surface area contributed by atoms with Crippen molar-refractivity contribution in [1.82, 2.24) is 0 Å². The molecule has 0 saturated carbocycles. The van der Waals surface area contributed by atoms with Crippen LogP contribution in [0.1, 0.15) is 33.6 Å². The third-order valence-corrected chi connectivity index (χ3v) is 11.9. The van der Waals surface area contributed by atoms with Crippen LogP contribution in [0.2, 0.25) is 11.1 Å². The van der Waals surface area contributed by atoms with E-state index in [2.05, 4.69) is 20.8 Å². The summed E-state index contributed by atoms with van der Waals surface area (Å²) in [5.74, 6) is 0.216. The molecule has 134 valence electrons. The average molecular weight is 355 g/mol. The molecule has 0 fully saturated rings. The van der Waals surface area contributed by atoms with Gasteiger partial charge in [0.05, 0.1) is 0 Å². The van der Waals surface area contributed by atoms with Gasteiger partial charge in [0.25, 0.3) is 0 Å². The Balaban J connectivity index is 5.67. The lowest BCUT2D eigenvalue weighted by Crippen LogP contribution is -2.55. The van der Waals surface area contributed by atoms with Gasteiger partial charge >= 0.3 is 17.6 Å². The SMILES string of the molecule is CCC(C(C)C(CC)[Si](OC)(OC)OC)[Si](OC)(OC)OC. The van der Waals surface area contributed by atoms with Gasteiger partial charge in [0.15, 0.2) is 0 Å². The maximum absolute atomic E-state index is 5.71. The first-order valence-corrected chi connectivity index (χ1v) is 11.3. The van der Waals surface area contributed by atoms with Crippen LogP contribution in [-0.4, -0.2) is 60.3 Å². The molecule has 8 heteroatoms. The van der Waals surface area contributed by atoms with Crippen LogP contribution in [0.4, 0.5) is 0 Å². The maximum atomic E-state index is 5.71. The molecule has 2 atom stereocenters. The van der Waals surface area contributed by atoms with Crippen LogP contribution in [0.3, 0.4) is 0 Å². The Labute approximate surface area is 138 Å². The van der Waals surface area contributed by atoms with Crippen molar-refractivity contribution in [3.63, 3.8) is 0 Å². The largest absolute Gasteiger partial charge is 0.503 e. The summed E-state index contributed by atoms with van der Waals surface area (Å²) in [4.78, 5) is 0. The molecule has 22 heavy (non-hydrogen) atoms. The van der Waals surface area contributed by atoms with E-state index in [9.17, 15) is 0 Å². The Morgan fingerprint density at radius 3 is 0.955 bits per heavy atom. The Morgan fingerprint density at radius 2 is 0.818 bits per heavy atom. The monoisotopic (exact) mass is 354 g/mol. The predicted octanol–water partition coefficient (Wildman–Crippen LogP) is 2.94. The van der Waals surface area contributed by atoms with E-state index in [1.807, 2.05) is 0 Å². The number of hydrogen-bond donors (Lipinski definition) is 0. The molecular formula is C14H34O6Si2. The highest BCUT2D eigenvalue weighted by molar-refractivity contribution is 6.64. The minimum absolute atomic E-state index is 0.143. The fourth-order valence-corrected chi connectivity index (χ4v) is 9.34. The Morgan fingerprint density at radius 1 is 0.591 bits per heavy atom. The van der Waals surface area contributed by atoms with Gasteiger partial charge in [-0.2, -0.15) is 0 Å². The van der Waals surface area contributed by atoms with Gasteiger partial charge in [-0.05, 0) is 18.8 Å². The first kappa shape index (κ1) is 22.2. The van der Waals surface area contributed by atoms with Crippen LogP contribution >= 0.6 is 0 Å². The Hall–Kier alpha value is 0.194. The molecule has 0 aliphatic heterocycles. The molecule has 0 rings (SSSR count). The highest BCUT2D eigenvalue weighted by atomic mass is 28.4. The molecule has 0 saturated heterocycles. The van der Waals surface area contributed by atoms with Crippen molar-refractivity contribution in [2.45, 2.75) is 44.7 Å². The van der Waals surface area contributed by atoms with Crippen LogP contribution in [0.15, 0.2) is 0 Å². The van der Waals surface area contributed by atoms with Crippen molar-refractivity contribution in [1.29, 1.82) is 0 Å². The summed E-state index contributed by atoms with van der Waals surface area (Å²) in [6, 6.07) is 0. The smallest absolute Gasteiger partial charge is 0.377 e. The molecule has 2 unspecified atom stereocenters. The molecule has 0 aliphatic carbocycles. The lowest BCUT2D eigenvalue weighted by Gasteiger charge is -2.42. The van der Waals surface area contributed by atoms with Gasteiger partial charge < -0.3 is 26.6 Å². The first-order valence-electron chi connectivity index (χ1n) is 7.73. The van der Waals surface area contributed by atoms with Crippen LogP contribution in [0.5, 0.6) is 0 Å². The molecule has 0 radical (unpaired) electrons. The molecule has 0 aliphatic rings. The number of rotatable bonds is 12. The van der Waals surface area contributed by atoms with Gasteiger partial charge in [0, 0.05) is 53.7 Å². The van der Waals surface area contributed by atoms with Crippen molar-refractivity contribution in [2.24, 2.45) is 5.92 Å². The topological polar surface area (TPSA) is 55.4 Å². The third kappa shape index (κ3) is 4.18. The molecular weight excluding hydrogens is 320 g/mol. The highest BCUT2D eigenvalue weighted by Gasteiger charge is 2.56. The lowest BCUT2D eigenvalue weighted by molar-refractivity contribution is 0.0815. The standard InChI is InChI=1S/C14H34O6Si2/c1-10-13(21(15-4,16-5)17-6)12(3)14(11-2)22(18-7,19-8)20-9/h12-14H,10-11H2,1-9H3. The molecule has 0 aromatic heterocycles. The second-order valence-electron chi connectivity index (χ2n) is 5.32. The molecule has 0 spiro atoms. The zero-order valence-corrected chi connectivity index (χ0v) is 17.6. The molecule has 0 bridgehead atoms. The van der Waals surface area contributed by atoms with Gasteiger partial charge in [0.1, 0.15) is 0 Å². The fraction of sp³-hybridized carbons (Fsp3) is 1.00. The zero-order valence-electron chi connectivity index (χ0n) is 15.6. The minimum atomic E-state index is -2.75. The number of hydrogen-bond acceptors (Lipinski definition) is 6. The average Bonchev–Trinajstić information content (AvgIpc) is 2.57. The summed E-state index contributed by atoms with van der Waals surface area (Å²) in [6.45, 7) is 6.44. The summed E-state index contributed by atoms with van der Waals surface area (Å²) in [6.07, 6.45) is 1.78. The molecule has 0 N–H and O–H groups in total. The van der Waals surface area contributed by atoms with E-state index in [1.54, 1.807) is 42.7 Å². The normalized spacial score (nSPS) is 17.3. The summed E-state index contributed by atoms with van der Waals surface area (Å²) in [7, 11) is 4.43. The molecule has 6 nitrogen and oxygen atoms in total. The van der Waals surface area contributed by atoms with Gasteiger partial charge in [-0.3, -0.25) is 0 Å². The van der Waals surface area contributed by atoms with Gasteiger partial charge in [-0.1, -0.05) is 20.8 Å². The van der Waals surface area contributed by atoms with E-state index in [4.69, 9.17) is 26.6 Å². The van der Waals surface area contributed by atoms with E-state index in [-0.39, 0.29) is 17.0 Å². The summed E-state index contributed by atoms with van der Waals surface area (Å²) >= 11 is 0. The van der Waals surface area contributed by atoms with Crippen molar-refractivity contribution in [3.8, 4) is 0 Å². The van der Waals surface area contributed by atoms with Gasteiger partial charge in [0.2, 0.25) is 0 Å². The van der Waals surface area contributed by atoms with Crippen molar-refractivity contribution in [2.75, 3.05) is 42.7 Å².